The van der Waals surface area contributed by atoms with Crippen LogP contribution >= 0.6 is 0 Å². The van der Waals surface area contributed by atoms with Gasteiger partial charge in [0.25, 0.3) is 0 Å². The van der Waals surface area contributed by atoms with Crippen LogP contribution in [0.2, 0.25) is 0 Å². The molecule has 0 fully saturated rings. The van der Waals surface area contributed by atoms with Crippen molar-refractivity contribution in [3.8, 4) is 0 Å². The van der Waals surface area contributed by atoms with Gasteiger partial charge in [-0.25, -0.2) is 0 Å². The van der Waals surface area contributed by atoms with E-state index >= 15 is 0 Å². The van der Waals surface area contributed by atoms with E-state index in [-0.39, 0.29) is 5.41 Å². The molecule has 0 aliphatic heterocycles. The molecule has 2 heteroatoms. The van der Waals surface area contributed by atoms with Crippen molar-refractivity contribution in [2.45, 2.75) is 31.1 Å². The Balaban J connectivity index is 3.14. The van der Waals surface area contributed by atoms with Gasteiger partial charge in [0.2, 0.25) is 0 Å². The Morgan fingerprint density at radius 2 is 1.57 bits per heavy atom. The van der Waals surface area contributed by atoms with Crippen LogP contribution in [0.4, 0.5) is 0 Å². The van der Waals surface area contributed by atoms with E-state index in [2.05, 4.69) is 26.6 Å². The van der Waals surface area contributed by atoms with Crippen molar-refractivity contribution in [1.29, 1.82) is 0 Å². The predicted molar refractivity (Wildman–Crippen MR) is 64.6 cm³/mol. The first kappa shape index (κ1) is 11.3. The molecular weight excluding hydrogens is 192 g/mol. The molecule has 0 aliphatic rings. The fraction of sp³-hybridized carbons (Fsp3) is 0.417. The minimum atomic E-state index is -2.07. The second kappa shape index (κ2) is 3.43. The Bertz CT molecular complexity index is 405. The molecule has 0 aliphatic carbocycles. The zero-order valence-electron chi connectivity index (χ0n) is 9.33. The van der Waals surface area contributed by atoms with Gasteiger partial charge in [-0.05, 0) is 38.5 Å². The minimum Gasteiger partial charge on any atom is -0.263 e. The quantitative estimate of drug-likeness (QED) is 0.651. The lowest BCUT2D eigenvalue weighted by molar-refractivity contribution is 0.589. The van der Waals surface area contributed by atoms with Crippen molar-refractivity contribution >= 4 is 15.4 Å². The van der Waals surface area contributed by atoms with Gasteiger partial charge in [-0.1, -0.05) is 32.9 Å². The van der Waals surface area contributed by atoms with E-state index < -0.39 is 9.52 Å². The summed E-state index contributed by atoms with van der Waals surface area (Å²) in [6.45, 7) is 6.49. The average Bonchev–Trinajstić information content (AvgIpc) is 2.01. The summed E-state index contributed by atoms with van der Waals surface area (Å²) in [7, 11) is -2.07. The molecular formula is C12H18OS. The second-order valence-corrected chi connectivity index (χ2v) is 7.26. The number of benzene rings is 1. The smallest absolute Gasteiger partial charge is 0.0302 e. The Morgan fingerprint density at radius 3 is 1.86 bits per heavy atom. The lowest BCUT2D eigenvalue weighted by Gasteiger charge is -2.19. The molecule has 1 nitrogen and oxygen atoms in total. The number of rotatable bonds is 1. The van der Waals surface area contributed by atoms with Crippen LogP contribution in [0.3, 0.4) is 0 Å². The maximum Gasteiger partial charge on any atom is 0.0302 e. The summed E-state index contributed by atoms with van der Waals surface area (Å²) in [5, 5.41) is 0. The normalized spacial score (nSPS) is 16.3. The van der Waals surface area contributed by atoms with Crippen LogP contribution in [0.1, 0.15) is 26.3 Å². The zero-order valence-corrected chi connectivity index (χ0v) is 10.1. The third kappa shape index (κ3) is 2.61. The molecule has 0 saturated carbocycles. The molecule has 0 saturated heterocycles. The topological polar surface area (TPSA) is 17.1 Å². The van der Waals surface area contributed by atoms with Crippen molar-refractivity contribution in [1.82, 2.24) is 0 Å². The maximum atomic E-state index is 11.6. The first-order chi connectivity index (χ1) is 6.21. The molecule has 0 heterocycles. The SMILES string of the molecule is C=S(C)(=O)c1ccc(C(C)(C)C)cc1. The fourth-order valence-corrected chi connectivity index (χ4v) is 1.95. The summed E-state index contributed by atoms with van der Waals surface area (Å²) in [5.74, 6) is 3.66. The van der Waals surface area contributed by atoms with Crippen molar-refractivity contribution in [2.24, 2.45) is 0 Å². The summed E-state index contributed by atoms with van der Waals surface area (Å²) >= 11 is 0. The summed E-state index contributed by atoms with van der Waals surface area (Å²) in [4.78, 5) is 0.825. The lowest BCUT2D eigenvalue weighted by Crippen LogP contribution is -2.11. The van der Waals surface area contributed by atoms with Crippen molar-refractivity contribution in [3.63, 3.8) is 0 Å². The number of hydrogen-bond donors (Lipinski definition) is 0. The maximum absolute atomic E-state index is 11.6. The van der Waals surface area contributed by atoms with Gasteiger partial charge in [0.1, 0.15) is 0 Å². The highest BCUT2D eigenvalue weighted by atomic mass is 32.2. The fourth-order valence-electron chi connectivity index (χ4n) is 1.24. The van der Waals surface area contributed by atoms with Gasteiger partial charge >= 0.3 is 0 Å². The van der Waals surface area contributed by atoms with Gasteiger partial charge in [0.15, 0.2) is 0 Å². The highest BCUT2D eigenvalue weighted by Crippen LogP contribution is 2.23. The van der Waals surface area contributed by atoms with E-state index in [1.165, 1.54) is 5.56 Å². The summed E-state index contributed by atoms with van der Waals surface area (Å²) in [6, 6.07) is 7.89. The van der Waals surface area contributed by atoms with Crippen LogP contribution < -0.4 is 0 Å². The van der Waals surface area contributed by atoms with Crippen LogP contribution in [0.25, 0.3) is 0 Å². The van der Waals surface area contributed by atoms with E-state index in [1.54, 1.807) is 6.26 Å². The van der Waals surface area contributed by atoms with Gasteiger partial charge < -0.3 is 0 Å². The largest absolute Gasteiger partial charge is 0.263 e. The van der Waals surface area contributed by atoms with Gasteiger partial charge in [-0.2, -0.15) is 0 Å². The summed E-state index contributed by atoms with van der Waals surface area (Å²) < 4.78 is 11.6. The molecule has 0 radical (unpaired) electrons. The number of hydrogen-bond acceptors (Lipinski definition) is 1. The molecule has 1 atom stereocenters. The van der Waals surface area contributed by atoms with Crippen LogP contribution in [0, 0.1) is 0 Å². The van der Waals surface area contributed by atoms with Crippen molar-refractivity contribution in [3.05, 3.63) is 29.8 Å². The zero-order chi connectivity index (χ0) is 11.0. The second-order valence-electron chi connectivity index (χ2n) is 4.78. The van der Waals surface area contributed by atoms with Crippen LogP contribution in [0.5, 0.6) is 0 Å². The minimum absolute atomic E-state index is 0.147. The highest BCUT2D eigenvalue weighted by molar-refractivity contribution is 7.99. The van der Waals surface area contributed by atoms with E-state index in [1.807, 2.05) is 24.3 Å². The molecule has 0 bridgehead atoms. The lowest BCUT2D eigenvalue weighted by atomic mass is 9.87. The Morgan fingerprint density at radius 1 is 1.14 bits per heavy atom. The van der Waals surface area contributed by atoms with E-state index in [0.717, 1.165) is 4.90 Å². The first-order valence-electron chi connectivity index (χ1n) is 4.64. The monoisotopic (exact) mass is 210 g/mol. The summed E-state index contributed by atoms with van der Waals surface area (Å²) in [6.07, 6.45) is 1.67. The third-order valence-corrected chi connectivity index (χ3v) is 3.49. The molecule has 0 N–H and O–H groups in total. The Hall–Kier alpha value is -0.760. The predicted octanol–water partition coefficient (Wildman–Crippen LogP) is 2.69. The molecule has 0 aromatic heterocycles. The first-order valence-corrected chi connectivity index (χ1v) is 6.77. The molecule has 0 amide bonds. The Kier molecular flexibility index (Phi) is 2.77. The Labute approximate surface area is 87.2 Å². The molecule has 78 valence electrons. The average molecular weight is 210 g/mol. The van der Waals surface area contributed by atoms with Gasteiger partial charge in [-0.3, -0.25) is 4.21 Å². The van der Waals surface area contributed by atoms with Gasteiger partial charge in [-0.15, -0.1) is 0 Å². The van der Waals surface area contributed by atoms with E-state index in [0.29, 0.717) is 0 Å². The molecule has 0 spiro atoms. The van der Waals surface area contributed by atoms with Crippen molar-refractivity contribution in [2.75, 3.05) is 6.26 Å². The van der Waals surface area contributed by atoms with Crippen molar-refractivity contribution < 1.29 is 4.21 Å². The van der Waals surface area contributed by atoms with Crippen LogP contribution in [0.15, 0.2) is 29.2 Å². The standard InChI is InChI=1S/C12H18OS/c1-12(2,3)10-6-8-11(9-7-10)14(4,5)13/h6-9H,4H2,1-3,5H3. The third-order valence-electron chi connectivity index (χ3n) is 2.22. The molecule has 14 heavy (non-hydrogen) atoms. The van der Waals surface area contributed by atoms with Gasteiger partial charge in [0.05, 0.1) is 0 Å². The molecule has 1 aromatic rings. The van der Waals surface area contributed by atoms with E-state index in [9.17, 15) is 4.21 Å². The molecule has 1 rings (SSSR count). The molecule has 1 unspecified atom stereocenters. The highest BCUT2D eigenvalue weighted by Gasteiger charge is 2.13. The van der Waals surface area contributed by atoms with E-state index in [4.69, 9.17) is 0 Å². The molecule has 1 aromatic carbocycles. The van der Waals surface area contributed by atoms with Crippen LogP contribution in [-0.2, 0) is 14.9 Å². The summed E-state index contributed by atoms with van der Waals surface area (Å²) in [5.41, 5.74) is 1.40. The van der Waals surface area contributed by atoms with Gasteiger partial charge in [0, 0.05) is 11.2 Å². The van der Waals surface area contributed by atoms with Crippen LogP contribution in [-0.4, -0.2) is 16.3 Å².